The van der Waals surface area contributed by atoms with Crippen molar-refractivity contribution in [3.8, 4) is 0 Å². The molecule has 1 aliphatic heterocycles. The maximum Gasteiger partial charge on any atom is 0.416 e. The van der Waals surface area contributed by atoms with Gasteiger partial charge in [0.05, 0.1) is 11.3 Å². The first-order valence-corrected chi connectivity index (χ1v) is 7.57. The lowest BCUT2D eigenvalue weighted by molar-refractivity contribution is -0.137. The van der Waals surface area contributed by atoms with Crippen LogP contribution in [0, 0.1) is 5.82 Å². The molecule has 0 radical (unpaired) electrons. The molecule has 1 amide bonds. The van der Waals surface area contributed by atoms with E-state index in [1.165, 1.54) is 4.90 Å². The maximum atomic E-state index is 14.2. The lowest BCUT2D eigenvalue weighted by atomic mass is 10.0. The van der Waals surface area contributed by atoms with Crippen LogP contribution in [-0.4, -0.2) is 23.1 Å². The number of rotatable bonds is 1. The van der Waals surface area contributed by atoms with Gasteiger partial charge in [0.25, 0.3) is 0 Å². The van der Waals surface area contributed by atoms with Crippen LogP contribution in [0.1, 0.15) is 44.7 Å². The van der Waals surface area contributed by atoms with Crippen molar-refractivity contribution < 1.29 is 27.1 Å². The summed E-state index contributed by atoms with van der Waals surface area (Å²) in [5.74, 6) is -1.02. The Balaban J connectivity index is 2.35. The zero-order valence-electron chi connectivity index (χ0n) is 13.7. The Hall–Kier alpha value is -2.05. The van der Waals surface area contributed by atoms with Crippen LogP contribution in [0.2, 0.25) is 0 Å². The number of halogens is 4. The Labute approximate surface area is 137 Å². The van der Waals surface area contributed by atoms with Gasteiger partial charge < -0.3 is 4.74 Å². The molecule has 0 N–H and O–H groups in total. The van der Waals surface area contributed by atoms with Crippen molar-refractivity contribution in [3.63, 3.8) is 0 Å². The number of ether oxygens (including phenoxy) is 1. The number of nitrogens with zero attached hydrogens (tertiary/aromatic N) is 1. The molecular formula is C17H19F4NO2. The lowest BCUT2D eigenvalue weighted by Crippen LogP contribution is -2.37. The molecule has 1 aliphatic rings. The van der Waals surface area contributed by atoms with Crippen molar-refractivity contribution in [1.82, 2.24) is 4.90 Å². The second-order valence-electron chi connectivity index (χ2n) is 6.56. The van der Waals surface area contributed by atoms with E-state index in [-0.39, 0.29) is 11.3 Å². The van der Waals surface area contributed by atoms with Crippen LogP contribution in [0.3, 0.4) is 0 Å². The fourth-order valence-electron chi connectivity index (χ4n) is 2.38. The summed E-state index contributed by atoms with van der Waals surface area (Å²) in [6, 6.07) is 2.30. The molecule has 0 aromatic heterocycles. The highest BCUT2D eigenvalue weighted by atomic mass is 19.4. The minimum Gasteiger partial charge on any atom is -0.443 e. The minimum atomic E-state index is -4.62. The first kappa shape index (κ1) is 18.3. The molecule has 0 spiro atoms. The molecular weight excluding hydrogens is 326 g/mol. The summed E-state index contributed by atoms with van der Waals surface area (Å²) in [5.41, 5.74) is -1.60. The highest BCUT2D eigenvalue weighted by Crippen LogP contribution is 2.34. The van der Waals surface area contributed by atoms with Gasteiger partial charge in [0.1, 0.15) is 11.4 Å². The van der Waals surface area contributed by atoms with Crippen LogP contribution in [0.25, 0.3) is 5.70 Å². The van der Waals surface area contributed by atoms with Crippen molar-refractivity contribution in [2.24, 2.45) is 0 Å². The quantitative estimate of drug-likeness (QED) is 0.654. The minimum absolute atomic E-state index is 0.0476. The summed E-state index contributed by atoms with van der Waals surface area (Å²) in [4.78, 5) is 13.6. The second-order valence-corrected chi connectivity index (χ2v) is 6.56. The van der Waals surface area contributed by atoms with Crippen molar-refractivity contribution in [2.45, 2.75) is 45.4 Å². The molecule has 0 atom stereocenters. The predicted octanol–water partition coefficient (Wildman–Crippen LogP) is 5.22. The zero-order chi connectivity index (χ0) is 18.1. The number of hydrogen-bond donors (Lipinski definition) is 0. The van der Waals surface area contributed by atoms with Crippen LogP contribution >= 0.6 is 0 Å². The van der Waals surface area contributed by atoms with Crippen LogP contribution in [0.4, 0.5) is 22.4 Å². The Bertz CT molecular complexity index is 660. The van der Waals surface area contributed by atoms with E-state index in [9.17, 15) is 22.4 Å². The molecule has 7 heteroatoms. The molecule has 1 aromatic rings. The van der Waals surface area contributed by atoms with Gasteiger partial charge in [-0.2, -0.15) is 13.2 Å². The molecule has 2 rings (SSSR count). The molecule has 0 fully saturated rings. The molecule has 24 heavy (non-hydrogen) atoms. The summed E-state index contributed by atoms with van der Waals surface area (Å²) < 4.78 is 57.5. The van der Waals surface area contributed by atoms with Gasteiger partial charge in [-0.25, -0.2) is 9.18 Å². The standard InChI is InChI=1S/C17H19F4NO2/c1-16(2,3)24-15(23)22-9-5-4-6-14(22)12-8-7-11(10-13(12)18)17(19,20)21/h6-8,10H,4-5,9H2,1-3H3. The van der Waals surface area contributed by atoms with Gasteiger partial charge in [-0.05, 0) is 51.8 Å². The van der Waals surface area contributed by atoms with Gasteiger partial charge >= 0.3 is 12.3 Å². The third kappa shape index (κ3) is 4.27. The number of allylic oxidation sites excluding steroid dienone is 1. The molecule has 0 saturated carbocycles. The van der Waals surface area contributed by atoms with Gasteiger partial charge in [0, 0.05) is 12.1 Å². The summed E-state index contributed by atoms with van der Waals surface area (Å²) in [5, 5.41) is 0. The summed E-state index contributed by atoms with van der Waals surface area (Å²) in [6.07, 6.45) is -2.35. The van der Waals surface area contributed by atoms with Crippen LogP contribution in [0.5, 0.6) is 0 Å². The maximum absolute atomic E-state index is 14.2. The fraction of sp³-hybridized carbons (Fsp3) is 0.471. The molecule has 3 nitrogen and oxygen atoms in total. The van der Waals surface area contributed by atoms with Gasteiger partial charge in [0.2, 0.25) is 0 Å². The van der Waals surface area contributed by atoms with E-state index < -0.39 is 29.3 Å². The van der Waals surface area contributed by atoms with Gasteiger partial charge in [-0.3, -0.25) is 4.90 Å². The lowest BCUT2D eigenvalue weighted by Gasteiger charge is -2.31. The van der Waals surface area contributed by atoms with Crippen molar-refractivity contribution in [1.29, 1.82) is 0 Å². The third-order valence-electron chi connectivity index (χ3n) is 3.40. The first-order chi connectivity index (χ1) is 11.0. The summed E-state index contributed by atoms with van der Waals surface area (Å²) in [7, 11) is 0. The molecule has 1 heterocycles. The van der Waals surface area contributed by atoms with E-state index in [2.05, 4.69) is 0 Å². The summed E-state index contributed by atoms with van der Waals surface area (Å²) in [6.45, 7) is 5.44. The van der Waals surface area contributed by atoms with Crippen molar-refractivity contribution in [3.05, 3.63) is 41.2 Å². The SMILES string of the molecule is CC(C)(C)OC(=O)N1CCCC=C1c1ccc(C(F)(F)F)cc1F. The summed E-state index contributed by atoms with van der Waals surface area (Å²) >= 11 is 0. The molecule has 0 bridgehead atoms. The van der Waals surface area contributed by atoms with Gasteiger partial charge in [0.15, 0.2) is 0 Å². The van der Waals surface area contributed by atoms with Crippen molar-refractivity contribution in [2.75, 3.05) is 6.54 Å². The third-order valence-corrected chi connectivity index (χ3v) is 3.40. The monoisotopic (exact) mass is 345 g/mol. The van der Waals surface area contributed by atoms with E-state index in [1.807, 2.05) is 0 Å². The number of benzene rings is 1. The average molecular weight is 345 g/mol. The predicted molar refractivity (Wildman–Crippen MR) is 81.6 cm³/mol. The van der Waals surface area contributed by atoms with Crippen LogP contribution in [0.15, 0.2) is 24.3 Å². The van der Waals surface area contributed by atoms with E-state index in [4.69, 9.17) is 4.74 Å². The van der Waals surface area contributed by atoms with E-state index >= 15 is 0 Å². The molecule has 0 aliphatic carbocycles. The van der Waals surface area contributed by atoms with E-state index in [0.717, 1.165) is 12.1 Å². The number of carbonyl (C=O) groups excluding carboxylic acids is 1. The first-order valence-electron chi connectivity index (χ1n) is 7.57. The zero-order valence-corrected chi connectivity index (χ0v) is 13.7. The topological polar surface area (TPSA) is 29.5 Å². The number of alkyl halides is 3. The fourth-order valence-corrected chi connectivity index (χ4v) is 2.38. The van der Waals surface area contributed by atoms with Crippen LogP contribution in [-0.2, 0) is 10.9 Å². The van der Waals surface area contributed by atoms with E-state index in [0.29, 0.717) is 25.5 Å². The second kappa shape index (κ2) is 6.45. The number of carbonyl (C=O) groups is 1. The normalized spacial score (nSPS) is 16.0. The van der Waals surface area contributed by atoms with Gasteiger partial charge in [-0.15, -0.1) is 0 Å². The smallest absolute Gasteiger partial charge is 0.416 e. The Morgan fingerprint density at radius 2 is 1.88 bits per heavy atom. The van der Waals surface area contributed by atoms with Crippen LogP contribution < -0.4 is 0 Å². The Kier molecular flexibility index (Phi) is 4.92. The number of hydrogen-bond acceptors (Lipinski definition) is 2. The highest BCUT2D eigenvalue weighted by Gasteiger charge is 2.33. The number of amides is 1. The Morgan fingerprint density at radius 3 is 2.42 bits per heavy atom. The molecule has 0 unspecified atom stereocenters. The molecule has 132 valence electrons. The Morgan fingerprint density at radius 1 is 1.21 bits per heavy atom. The highest BCUT2D eigenvalue weighted by molar-refractivity contribution is 5.83. The molecule has 1 aromatic carbocycles. The largest absolute Gasteiger partial charge is 0.443 e. The van der Waals surface area contributed by atoms with Gasteiger partial charge in [-0.1, -0.05) is 6.08 Å². The van der Waals surface area contributed by atoms with Crippen molar-refractivity contribution >= 4 is 11.8 Å². The van der Waals surface area contributed by atoms with E-state index in [1.54, 1.807) is 26.8 Å². The molecule has 0 saturated heterocycles. The average Bonchev–Trinajstić information content (AvgIpc) is 2.44.